The second-order valence-corrected chi connectivity index (χ2v) is 9.03. The Morgan fingerprint density at radius 2 is 1.81 bits per heavy atom. The lowest BCUT2D eigenvalue weighted by atomic mass is 10.0. The molecule has 0 spiro atoms. The largest absolute Gasteiger partial charge is 0.497 e. The van der Waals surface area contributed by atoms with E-state index in [9.17, 15) is 4.79 Å². The molecule has 7 heteroatoms. The van der Waals surface area contributed by atoms with Crippen molar-refractivity contribution in [2.75, 3.05) is 27.9 Å². The van der Waals surface area contributed by atoms with Crippen molar-refractivity contribution in [2.45, 2.75) is 32.2 Å². The Bertz CT molecular complexity index is 1090. The predicted octanol–water partition coefficient (Wildman–Crippen LogP) is 4.99. The molecule has 1 aromatic heterocycles. The Morgan fingerprint density at radius 3 is 2.50 bits per heavy atom. The van der Waals surface area contributed by atoms with Crippen LogP contribution in [0.3, 0.4) is 0 Å². The first kappa shape index (κ1) is 22.1. The van der Waals surface area contributed by atoms with Gasteiger partial charge in [0.2, 0.25) is 0 Å². The molecule has 0 radical (unpaired) electrons. The second-order valence-electron chi connectivity index (χ2n) is 7.83. The van der Waals surface area contributed by atoms with E-state index in [0.29, 0.717) is 17.2 Å². The van der Waals surface area contributed by atoms with E-state index in [1.165, 1.54) is 0 Å². The lowest BCUT2D eigenvalue weighted by molar-refractivity contribution is 0.0732. The molecule has 168 valence electrons. The zero-order valence-electron chi connectivity index (χ0n) is 18.9. The van der Waals surface area contributed by atoms with Gasteiger partial charge in [-0.25, -0.2) is 4.98 Å². The Balaban J connectivity index is 1.58. The number of likely N-dealkylation sites (tertiary alicyclic amines) is 1. The maximum Gasteiger partial charge on any atom is 0.274 e. The summed E-state index contributed by atoms with van der Waals surface area (Å²) >= 11 is 1.55. The molecular weight excluding hydrogens is 424 g/mol. The lowest BCUT2D eigenvalue weighted by Gasteiger charge is -2.25. The van der Waals surface area contributed by atoms with E-state index < -0.39 is 0 Å². The molecule has 1 fully saturated rings. The first-order valence-electron chi connectivity index (χ1n) is 10.7. The van der Waals surface area contributed by atoms with E-state index >= 15 is 0 Å². The zero-order valence-corrected chi connectivity index (χ0v) is 19.7. The third-order valence-electron chi connectivity index (χ3n) is 5.85. The van der Waals surface area contributed by atoms with Gasteiger partial charge in [0.15, 0.2) is 11.5 Å². The SMILES string of the molecule is COc1ccc(-c2sc(C)nc2C(=O)N2CCC[C@H]2Cc2ccc(OC)c(OC)c2)cc1. The number of methoxy groups -OCH3 is 3. The summed E-state index contributed by atoms with van der Waals surface area (Å²) in [6, 6.07) is 13.9. The summed E-state index contributed by atoms with van der Waals surface area (Å²) in [4.78, 5) is 21.1. The van der Waals surface area contributed by atoms with Crippen molar-refractivity contribution >= 4 is 17.2 Å². The number of rotatable bonds is 7. The molecule has 1 aliphatic heterocycles. The summed E-state index contributed by atoms with van der Waals surface area (Å²) < 4.78 is 16.1. The fraction of sp³-hybridized carbons (Fsp3) is 0.360. The maximum atomic E-state index is 13.6. The van der Waals surface area contributed by atoms with Gasteiger partial charge in [-0.15, -0.1) is 11.3 Å². The number of carbonyl (C=O) groups is 1. The summed E-state index contributed by atoms with van der Waals surface area (Å²) in [5.41, 5.74) is 2.64. The standard InChI is InChI=1S/C25H28N2O4S/c1-16-26-23(24(32-16)18-8-10-20(29-2)11-9-18)25(28)27-13-5-6-19(27)14-17-7-12-21(30-3)22(15-17)31-4/h7-12,15,19H,5-6,13-14H2,1-4H3/t19-/m0/s1. The van der Waals surface area contributed by atoms with Gasteiger partial charge in [-0.2, -0.15) is 0 Å². The van der Waals surface area contributed by atoms with Gasteiger partial charge in [-0.1, -0.05) is 6.07 Å². The minimum Gasteiger partial charge on any atom is -0.497 e. The van der Waals surface area contributed by atoms with E-state index in [-0.39, 0.29) is 11.9 Å². The number of benzene rings is 2. The van der Waals surface area contributed by atoms with Gasteiger partial charge in [-0.3, -0.25) is 4.79 Å². The zero-order chi connectivity index (χ0) is 22.7. The molecule has 2 aromatic carbocycles. The molecule has 0 N–H and O–H groups in total. The minimum absolute atomic E-state index is 0.00291. The van der Waals surface area contributed by atoms with E-state index in [0.717, 1.165) is 52.6 Å². The number of nitrogens with zero attached hydrogens (tertiary/aromatic N) is 2. The highest BCUT2D eigenvalue weighted by Gasteiger charge is 2.32. The predicted molar refractivity (Wildman–Crippen MR) is 126 cm³/mol. The third-order valence-corrected chi connectivity index (χ3v) is 6.87. The number of amides is 1. The summed E-state index contributed by atoms with van der Waals surface area (Å²) in [7, 11) is 4.91. The van der Waals surface area contributed by atoms with Crippen molar-refractivity contribution in [2.24, 2.45) is 0 Å². The van der Waals surface area contributed by atoms with E-state index in [1.807, 2.05) is 54.3 Å². The van der Waals surface area contributed by atoms with Crippen LogP contribution in [0.5, 0.6) is 17.2 Å². The highest BCUT2D eigenvalue weighted by Crippen LogP contribution is 2.34. The molecule has 0 unspecified atom stereocenters. The van der Waals surface area contributed by atoms with Gasteiger partial charge >= 0.3 is 0 Å². The maximum absolute atomic E-state index is 13.6. The van der Waals surface area contributed by atoms with Crippen LogP contribution in [-0.2, 0) is 6.42 Å². The average Bonchev–Trinajstić information content (AvgIpc) is 3.45. The molecule has 3 aromatic rings. The summed E-state index contributed by atoms with van der Waals surface area (Å²) in [5, 5.41) is 0.884. The number of hydrogen-bond donors (Lipinski definition) is 0. The first-order valence-corrected chi connectivity index (χ1v) is 11.5. The fourth-order valence-electron chi connectivity index (χ4n) is 4.24. The van der Waals surface area contributed by atoms with Gasteiger partial charge in [-0.05, 0) is 73.7 Å². The van der Waals surface area contributed by atoms with Crippen LogP contribution in [0.25, 0.3) is 10.4 Å². The molecule has 1 saturated heterocycles. The van der Waals surface area contributed by atoms with Crippen molar-refractivity contribution < 1.29 is 19.0 Å². The van der Waals surface area contributed by atoms with Crippen LogP contribution in [-0.4, -0.2) is 49.7 Å². The molecule has 1 atom stereocenters. The highest BCUT2D eigenvalue weighted by atomic mass is 32.1. The van der Waals surface area contributed by atoms with E-state index in [2.05, 4.69) is 4.98 Å². The van der Waals surface area contributed by atoms with Crippen LogP contribution in [0.4, 0.5) is 0 Å². The van der Waals surface area contributed by atoms with E-state index in [4.69, 9.17) is 14.2 Å². The number of ether oxygens (including phenoxy) is 3. The number of aromatic nitrogens is 1. The lowest BCUT2D eigenvalue weighted by Crippen LogP contribution is -2.37. The summed E-state index contributed by atoms with van der Waals surface area (Å²) in [5.74, 6) is 2.20. The molecule has 4 rings (SSSR count). The molecule has 1 aliphatic rings. The van der Waals surface area contributed by atoms with Crippen molar-refractivity contribution in [3.8, 4) is 27.7 Å². The summed E-state index contributed by atoms with van der Waals surface area (Å²) in [6.07, 6.45) is 2.73. The van der Waals surface area contributed by atoms with Crippen LogP contribution in [0, 0.1) is 6.92 Å². The molecule has 32 heavy (non-hydrogen) atoms. The Kier molecular flexibility index (Phi) is 6.65. The van der Waals surface area contributed by atoms with Crippen LogP contribution < -0.4 is 14.2 Å². The van der Waals surface area contributed by atoms with Gasteiger partial charge in [0.25, 0.3) is 5.91 Å². The monoisotopic (exact) mass is 452 g/mol. The molecule has 0 saturated carbocycles. The highest BCUT2D eigenvalue weighted by molar-refractivity contribution is 7.15. The number of aryl methyl sites for hydroxylation is 1. The van der Waals surface area contributed by atoms with Crippen LogP contribution >= 0.6 is 11.3 Å². The van der Waals surface area contributed by atoms with Crippen LogP contribution in [0.15, 0.2) is 42.5 Å². The molecule has 6 nitrogen and oxygen atoms in total. The van der Waals surface area contributed by atoms with E-state index in [1.54, 1.807) is 32.7 Å². The second kappa shape index (κ2) is 9.61. The first-order chi connectivity index (χ1) is 15.5. The Hall–Kier alpha value is -3.06. The van der Waals surface area contributed by atoms with Crippen molar-refractivity contribution in [3.05, 3.63) is 58.7 Å². The van der Waals surface area contributed by atoms with Crippen molar-refractivity contribution in [3.63, 3.8) is 0 Å². The normalized spacial score (nSPS) is 15.6. The molecule has 0 bridgehead atoms. The fourth-order valence-corrected chi connectivity index (χ4v) is 5.16. The van der Waals surface area contributed by atoms with Crippen LogP contribution in [0.1, 0.15) is 33.9 Å². The van der Waals surface area contributed by atoms with Crippen LogP contribution in [0.2, 0.25) is 0 Å². The smallest absolute Gasteiger partial charge is 0.274 e. The van der Waals surface area contributed by atoms with Crippen molar-refractivity contribution in [1.29, 1.82) is 0 Å². The van der Waals surface area contributed by atoms with Gasteiger partial charge in [0.05, 0.1) is 31.2 Å². The minimum atomic E-state index is 0.00291. The van der Waals surface area contributed by atoms with Crippen molar-refractivity contribution in [1.82, 2.24) is 9.88 Å². The third kappa shape index (κ3) is 4.43. The number of thiazole rings is 1. The topological polar surface area (TPSA) is 60.9 Å². The van der Waals surface area contributed by atoms with Gasteiger partial charge < -0.3 is 19.1 Å². The number of carbonyl (C=O) groups excluding carboxylic acids is 1. The quantitative estimate of drug-likeness (QED) is 0.505. The van der Waals surface area contributed by atoms with Gasteiger partial charge in [0, 0.05) is 12.6 Å². The summed E-state index contributed by atoms with van der Waals surface area (Å²) in [6.45, 7) is 2.69. The molecule has 2 heterocycles. The Morgan fingerprint density at radius 1 is 1.06 bits per heavy atom. The molecule has 1 amide bonds. The van der Waals surface area contributed by atoms with Gasteiger partial charge in [0.1, 0.15) is 11.4 Å². The average molecular weight is 453 g/mol. The molecular formula is C25H28N2O4S. The number of hydrogen-bond acceptors (Lipinski definition) is 6. The molecule has 0 aliphatic carbocycles. The Labute approximate surface area is 192 Å².